The maximum Gasteiger partial charge on any atom is 0.242 e. The zero-order chi connectivity index (χ0) is 18.3. The van der Waals surface area contributed by atoms with Gasteiger partial charge in [-0.2, -0.15) is 0 Å². The molecule has 6 nitrogen and oxygen atoms in total. The smallest absolute Gasteiger partial charge is 0.242 e. The van der Waals surface area contributed by atoms with Gasteiger partial charge in [0.2, 0.25) is 5.91 Å². The van der Waals surface area contributed by atoms with E-state index in [1.807, 2.05) is 52.0 Å². The predicted octanol–water partition coefficient (Wildman–Crippen LogP) is 2.45. The van der Waals surface area contributed by atoms with Crippen LogP contribution >= 0.6 is 0 Å². The largest absolute Gasteiger partial charge is 0.461 e. The lowest BCUT2D eigenvalue weighted by molar-refractivity contribution is -0.121. The van der Waals surface area contributed by atoms with E-state index in [2.05, 4.69) is 27.0 Å². The number of hydrogen-bond donors (Lipinski definition) is 3. The zero-order valence-corrected chi connectivity index (χ0v) is 15.5. The van der Waals surface area contributed by atoms with E-state index in [1.165, 1.54) is 0 Å². The second-order valence-electron chi connectivity index (χ2n) is 6.92. The van der Waals surface area contributed by atoms with Crippen LogP contribution in [0.4, 0.5) is 0 Å². The van der Waals surface area contributed by atoms with Gasteiger partial charge in [0.25, 0.3) is 0 Å². The lowest BCUT2D eigenvalue weighted by atomic mass is 10.1. The lowest BCUT2D eigenvalue weighted by Crippen LogP contribution is -2.43. The molecule has 1 heterocycles. The van der Waals surface area contributed by atoms with Crippen LogP contribution in [0.15, 0.2) is 39.7 Å². The van der Waals surface area contributed by atoms with E-state index in [4.69, 9.17) is 4.42 Å². The van der Waals surface area contributed by atoms with Crippen molar-refractivity contribution in [2.75, 3.05) is 19.6 Å². The van der Waals surface area contributed by atoms with Crippen LogP contribution in [-0.2, 0) is 11.2 Å². The van der Waals surface area contributed by atoms with Crippen molar-refractivity contribution in [3.05, 3.63) is 36.1 Å². The van der Waals surface area contributed by atoms with E-state index in [1.54, 1.807) is 0 Å². The number of guanidine groups is 1. The third kappa shape index (κ3) is 6.49. The predicted molar refractivity (Wildman–Crippen MR) is 102 cm³/mol. The van der Waals surface area contributed by atoms with Crippen LogP contribution < -0.4 is 16.0 Å². The van der Waals surface area contributed by atoms with E-state index in [0.717, 1.165) is 29.7 Å². The maximum absolute atomic E-state index is 11.9. The number of carbonyl (C=O) groups excluding carboxylic acids is 1. The van der Waals surface area contributed by atoms with Gasteiger partial charge < -0.3 is 20.4 Å². The van der Waals surface area contributed by atoms with Gasteiger partial charge >= 0.3 is 0 Å². The Balaban J connectivity index is 1.86. The molecule has 2 rings (SSSR count). The molecule has 0 aliphatic rings. The Morgan fingerprint density at radius 2 is 1.96 bits per heavy atom. The molecule has 6 heteroatoms. The molecule has 0 atom stereocenters. The van der Waals surface area contributed by atoms with Gasteiger partial charge in [0.15, 0.2) is 5.96 Å². The standard InChI is InChI=1S/C19H28N4O2/c1-5-20-18(22-13-17(24)23-19(2,3)4)21-11-10-15-12-14-8-6-7-9-16(14)25-15/h6-9,12H,5,10-11,13H2,1-4H3,(H,23,24)(H2,20,21,22). The first-order valence-corrected chi connectivity index (χ1v) is 8.68. The number of aliphatic imine (C=N–C) groups is 1. The lowest BCUT2D eigenvalue weighted by Gasteiger charge is -2.20. The quantitative estimate of drug-likeness (QED) is 0.555. The van der Waals surface area contributed by atoms with Crippen molar-refractivity contribution >= 4 is 22.8 Å². The summed E-state index contributed by atoms with van der Waals surface area (Å²) in [6.07, 6.45) is 0.743. The fourth-order valence-electron chi connectivity index (χ4n) is 2.41. The number of amides is 1. The number of rotatable bonds is 6. The number of benzene rings is 1. The Kier molecular flexibility index (Phi) is 6.44. The van der Waals surface area contributed by atoms with Gasteiger partial charge in [-0.1, -0.05) is 18.2 Å². The van der Waals surface area contributed by atoms with E-state index in [9.17, 15) is 4.79 Å². The molecule has 136 valence electrons. The summed E-state index contributed by atoms with van der Waals surface area (Å²) in [5.41, 5.74) is 0.650. The summed E-state index contributed by atoms with van der Waals surface area (Å²) in [6.45, 7) is 9.34. The number of carbonyl (C=O) groups is 1. The van der Waals surface area contributed by atoms with Crippen LogP contribution in [0.25, 0.3) is 11.0 Å². The maximum atomic E-state index is 11.9. The Morgan fingerprint density at radius 1 is 1.20 bits per heavy atom. The number of furan rings is 1. The number of nitrogens with one attached hydrogen (secondary N) is 3. The summed E-state index contributed by atoms with van der Waals surface area (Å²) in [7, 11) is 0. The van der Waals surface area contributed by atoms with Gasteiger partial charge in [-0.25, -0.2) is 4.99 Å². The van der Waals surface area contributed by atoms with Crippen molar-refractivity contribution in [3.63, 3.8) is 0 Å². The molecule has 2 aromatic rings. The Hall–Kier alpha value is -2.50. The number of para-hydroxylation sites is 1. The van der Waals surface area contributed by atoms with Crippen molar-refractivity contribution in [3.8, 4) is 0 Å². The van der Waals surface area contributed by atoms with Crippen molar-refractivity contribution in [1.29, 1.82) is 0 Å². The molecule has 1 aromatic carbocycles. The molecule has 0 bridgehead atoms. The van der Waals surface area contributed by atoms with Crippen LogP contribution in [-0.4, -0.2) is 37.0 Å². The highest BCUT2D eigenvalue weighted by Crippen LogP contribution is 2.18. The molecule has 25 heavy (non-hydrogen) atoms. The normalized spacial score (nSPS) is 12.2. The average molecular weight is 344 g/mol. The number of nitrogens with zero attached hydrogens (tertiary/aromatic N) is 1. The summed E-state index contributed by atoms with van der Waals surface area (Å²) < 4.78 is 5.80. The van der Waals surface area contributed by atoms with Crippen molar-refractivity contribution < 1.29 is 9.21 Å². The minimum atomic E-state index is -0.250. The monoisotopic (exact) mass is 344 g/mol. The number of fused-ring (bicyclic) bond motifs is 1. The van der Waals surface area contributed by atoms with Crippen LogP contribution in [0.3, 0.4) is 0 Å². The van der Waals surface area contributed by atoms with E-state index in [0.29, 0.717) is 12.5 Å². The first kappa shape index (κ1) is 18.8. The number of hydrogen-bond acceptors (Lipinski definition) is 3. The van der Waals surface area contributed by atoms with Gasteiger partial charge in [0.1, 0.15) is 17.9 Å². The van der Waals surface area contributed by atoms with E-state index in [-0.39, 0.29) is 18.0 Å². The van der Waals surface area contributed by atoms with Gasteiger partial charge in [-0.3, -0.25) is 4.79 Å². The third-order valence-electron chi connectivity index (χ3n) is 3.38. The second-order valence-corrected chi connectivity index (χ2v) is 6.92. The Bertz CT molecular complexity index is 695. The minimum Gasteiger partial charge on any atom is -0.461 e. The van der Waals surface area contributed by atoms with Crippen LogP contribution in [0.2, 0.25) is 0 Å². The summed E-state index contributed by atoms with van der Waals surface area (Å²) in [6, 6.07) is 10.0. The molecule has 0 spiro atoms. The zero-order valence-electron chi connectivity index (χ0n) is 15.5. The van der Waals surface area contributed by atoms with Crippen LogP contribution in [0.5, 0.6) is 0 Å². The molecule has 0 aliphatic carbocycles. The first-order chi connectivity index (χ1) is 11.9. The van der Waals surface area contributed by atoms with Crippen molar-refractivity contribution in [2.45, 2.75) is 39.7 Å². The molecular formula is C19H28N4O2. The summed E-state index contributed by atoms with van der Waals surface area (Å²) in [4.78, 5) is 16.2. The molecule has 3 N–H and O–H groups in total. The highest BCUT2D eigenvalue weighted by atomic mass is 16.3. The summed E-state index contributed by atoms with van der Waals surface area (Å²) >= 11 is 0. The second kappa shape index (κ2) is 8.55. The van der Waals surface area contributed by atoms with Gasteiger partial charge in [-0.15, -0.1) is 0 Å². The summed E-state index contributed by atoms with van der Waals surface area (Å²) in [5.74, 6) is 1.46. The van der Waals surface area contributed by atoms with Gasteiger partial charge in [0, 0.05) is 30.4 Å². The fourth-order valence-corrected chi connectivity index (χ4v) is 2.41. The van der Waals surface area contributed by atoms with Gasteiger partial charge in [0.05, 0.1) is 0 Å². The molecular weight excluding hydrogens is 316 g/mol. The topological polar surface area (TPSA) is 78.7 Å². The molecule has 0 radical (unpaired) electrons. The third-order valence-corrected chi connectivity index (χ3v) is 3.38. The molecule has 0 saturated heterocycles. The summed E-state index contributed by atoms with van der Waals surface area (Å²) in [5, 5.41) is 10.4. The minimum absolute atomic E-state index is 0.0945. The molecule has 0 saturated carbocycles. The highest BCUT2D eigenvalue weighted by Gasteiger charge is 2.13. The Labute approximate surface area is 149 Å². The molecule has 1 amide bonds. The van der Waals surface area contributed by atoms with E-state index >= 15 is 0 Å². The van der Waals surface area contributed by atoms with Crippen molar-refractivity contribution in [2.24, 2.45) is 4.99 Å². The molecule has 0 unspecified atom stereocenters. The highest BCUT2D eigenvalue weighted by molar-refractivity contribution is 5.85. The first-order valence-electron chi connectivity index (χ1n) is 8.68. The Morgan fingerprint density at radius 3 is 2.64 bits per heavy atom. The van der Waals surface area contributed by atoms with Crippen LogP contribution in [0.1, 0.15) is 33.5 Å². The van der Waals surface area contributed by atoms with E-state index < -0.39 is 0 Å². The van der Waals surface area contributed by atoms with Crippen LogP contribution in [0, 0.1) is 0 Å². The van der Waals surface area contributed by atoms with Gasteiger partial charge in [-0.05, 0) is 39.8 Å². The average Bonchev–Trinajstić information content (AvgIpc) is 2.93. The molecule has 1 aromatic heterocycles. The SMILES string of the molecule is CCNC(=NCC(=O)NC(C)(C)C)NCCc1cc2ccccc2o1. The van der Waals surface area contributed by atoms with Crippen molar-refractivity contribution in [1.82, 2.24) is 16.0 Å². The fraction of sp³-hybridized carbons (Fsp3) is 0.474. The molecule has 0 aliphatic heterocycles. The molecule has 0 fully saturated rings.